The molecular weight excluding hydrogens is 296 g/mol. The van der Waals surface area contributed by atoms with Gasteiger partial charge in [0.15, 0.2) is 0 Å². The minimum atomic E-state index is -0.336. The van der Waals surface area contributed by atoms with Crippen molar-refractivity contribution in [3.63, 3.8) is 0 Å². The van der Waals surface area contributed by atoms with Gasteiger partial charge in [0.05, 0.1) is 24.9 Å². The molecule has 0 aromatic heterocycles. The molecule has 0 N–H and O–H groups in total. The van der Waals surface area contributed by atoms with E-state index in [0.717, 1.165) is 16.5 Å². The summed E-state index contributed by atoms with van der Waals surface area (Å²) < 4.78 is 11.4. The molecule has 18 heavy (non-hydrogen) atoms. The first-order chi connectivity index (χ1) is 8.39. The van der Waals surface area contributed by atoms with Crippen molar-refractivity contribution in [3.8, 4) is 0 Å². The summed E-state index contributed by atoms with van der Waals surface area (Å²) in [5, 5.41) is 0. The Kier molecular flexibility index (Phi) is 5.35. The molecule has 0 atom stereocenters. The lowest BCUT2D eigenvalue weighted by atomic mass is 10.1. The maximum Gasteiger partial charge on any atom is 0.337 e. The minimum absolute atomic E-state index is 0.138. The van der Waals surface area contributed by atoms with Crippen LogP contribution in [-0.2, 0) is 16.1 Å². The summed E-state index contributed by atoms with van der Waals surface area (Å²) in [7, 11) is 1.37. The predicted octanol–water partition coefficient (Wildman–Crippen LogP) is 3.94. The summed E-state index contributed by atoms with van der Waals surface area (Å²) in [6.45, 7) is 6.73. The van der Waals surface area contributed by atoms with E-state index in [2.05, 4.69) is 41.4 Å². The van der Waals surface area contributed by atoms with Crippen LogP contribution in [0.1, 0.15) is 43.1 Å². The fourth-order valence-corrected chi connectivity index (χ4v) is 1.78. The lowest BCUT2D eigenvalue weighted by Gasteiger charge is -2.23. The van der Waals surface area contributed by atoms with E-state index in [1.807, 2.05) is 6.07 Å². The van der Waals surface area contributed by atoms with Crippen LogP contribution in [0.25, 0.3) is 0 Å². The van der Waals surface area contributed by atoms with Crippen LogP contribution in [0.3, 0.4) is 0 Å². The van der Waals surface area contributed by atoms with Crippen molar-refractivity contribution in [2.45, 2.75) is 39.4 Å². The van der Waals surface area contributed by atoms with Gasteiger partial charge in [-0.2, -0.15) is 0 Å². The van der Waals surface area contributed by atoms with Crippen LogP contribution < -0.4 is 0 Å². The molecule has 0 spiro atoms. The van der Waals surface area contributed by atoms with Crippen LogP contribution in [0.15, 0.2) is 22.7 Å². The molecule has 0 radical (unpaired) electrons. The lowest BCUT2D eigenvalue weighted by molar-refractivity contribution is -0.0318. The number of methoxy groups -OCH3 is 1. The second-order valence-corrected chi connectivity index (χ2v) is 5.55. The summed E-state index contributed by atoms with van der Waals surface area (Å²) in [6.07, 6.45) is 0.949. The van der Waals surface area contributed by atoms with Crippen molar-refractivity contribution in [2.24, 2.45) is 0 Å². The van der Waals surface area contributed by atoms with E-state index in [-0.39, 0.29) is 11.6 Å². The van der Waals surface area contributed by atoms with E-state index in [0.29, 0.717) is 12.2 Å². The Morgan fingerprint density at radius 1 is 1.39 bits per heavy atom. The Bertz CT molecular complexity index is 427. The quantitative estimate of drug-likeness (QED) is 0.772. The number of esters is 1. The molecule has 0 fully saturated rings. The third kappa shape index (κ3) is 4.10. The zero-order valence-electron chi connectivity index (χ0n) is 11.2. The molecular formula is C14H19BrO3. The molecule has 100 valence electrons. The second-order valence-electron chi connectivity index (χ2n) is 4.70. The van der Waals surface area contributed by atoms with E-state index in [1.54, 1.807) is 12.1 Å². The number of hydrogen-bond donors (Lipinski definition) is 0. The third-order valence-corrected chi connectivity index (χ3v) is 3.68. The number of ether oxygens (including phenoxy) is 2. The van der Waals surface area contributed by atoms with Crippen molar-refractivity contribution >= 4 is 21.9 Å². The number of carbonyl (C=O) groups excluding carboxylic acids is 1. The van der Waals surface area contributed by atoms with Crippen molar-refractivity contribution in [3.05, 3.63) is 33.8 Å². The fraction of sp³-hybridized carbons (Fsp3) is 0.500. The van der Waals surface area contributed by atoms with Crippen LogP contribution in [0.4, 0.5) is 0 Å². The van der Waals surface area contributed by atoms with Gasteiger partial charge in [-0.15, -0.1) is 0 Å². The highest BCUT2D eigenvalue weighted by Crippen LogP contribution is 2.23. The van der Waals surface area contributed by atoms with Gasteiger partial charge >= 0.3 is 5.97 Å². The first-order valence-electron chi connectivity index (χ1n) is 5.90. The fourth-order valence-electron chi connectivity index (χ4n) is 1.28. The molecule has 1 aromatic carbocycles. The van der Waals surface area contributed by atoms with E-state index >= 15 is 0 Å². The SMILES string of the molecule is CCC(C)(C)OCc1ccc(C(=O)OC)cc1Br. The normalized spacial score (nSPS) is 11.4. The Morgan fingerprint density at radius 3 is 2.56 bits per heavy atom. The molecule has 1 rings (SSSR count). The minimum Gasteiger partial charge on any atom is -0.465 e. The van der Waals surface area contributed by atoms with Gasteiger partial charge in [-0.05, 0) is 38.0 Å². The zero-order chi connectivity index (χ0) is 13.8. The number of rotatable bonds is 5. The molecule has 1 aromatic rings. The Balaban J connectivity index is 2.77. The van der Waals surface area contributed by atoms with E-state index in [9.17, 15) is 4.79 Å². The molecule has 0 heterocycles. The van der Waals surface area contributed by atoms with Gasteiger partial charge < -0.3 is 9.47 Å². The first kappa shape index (κ1) is 15.2. The topological polar surface area (TPSA) is 35.5 Å². The average molecular weight is 315 g/mol. The zero-order valence-corrected chi connectivity index (χ0v) is 12.8. The maximum absolute atomic E-state index is 11.4. The molecule has 0 unspecified atom stereocenters. The van der Waals surface area contributed by atoms with Gasteiger partial charge in [-0.3, -0.25) is 0 Å². The standard InChI is InChI=1S/C14H19BrO3/c1-5-14(2,3)18-9-11-7-6-10(8-12(11)15)13(16)17-4/h6-8H,5,9H2,1-4H3. The van der Waals surface area contributed by atoms with Crippen molar-refractivity contribution in [1.29, 1.82) is 0 Å². The van der Waals surface area contributed by atoms with Crippen molar-refractivity contribution in [2.75, 3.05) is 7.11 Å². The van der Waals surface area contributed by atoms with E-state index in [4.69, 9.17) is 4.74 Å². The molecule has 3 nitrogen and oxygen atoms in total. The van der Waals surface area contributed by atoms with Crippen LogP contribution in [0.5, 0.6) is 0 Å². The second kappa shape index (κ2) is 6.34. The lowest BCUT2D eigenvalue weighted by Crippen LogP contribution is -2.22. The van der Waals surface area contributed by atoms with Gasteiger partial charge in [0.1, 0.15) is 0 Å². The monoisotopic (exact) mass is 314 g/mol. The molecule has 4 heteroatoms. The van der Waals surface area contributed by atoms with Gasteiger partial charge in [-0.1, -0.05) is 28.9 Å². The summed E-state index contributed by atoms with van der Waals surface area (Å²) >= 11 is 3.45. The van der Waals surface area contributed by atoms with Crippen LogP contribution in [-0.4, -0.2) is 18.7 Å². The highest BCUT2D eigenvalue weighted by molar-refractivity contribution is 9.10. The number of carbonyl (C=O) groups is 1. The first-order valence-corrected chi connectivity index (χ1v) is 6.69. The van der Waals surface area contributed by atoms with Gasteiger partial charge in [0, 0.05) is 4.47 Å². The summed E-state index contributed by atoms with van der Waals surface area (Å²) in [6, 6.07) is 5.37. The van der Waals surface area contributed by atoms with Crippen molar-refractivity contribution < 1.29 is 14.3 Å². The number of benzene rings is 1. The largest absolute Gasteiger partial charge is 0.465 e. The molecule has 0 saturated heterocycles. The third-order valence-electron chi connectivity index (χ3n) is 2.94. The average Bonchev–Trinajstić information content (AvgIpc) is 2.36. The van der Waals surface area contributed by atoms with Gasteiger partial charge in [0.25, 0.3) is 0 Å². The Morgan fingerprint density at radius 2 is 2.06 bits per heavy atom. The van der Waals surface area contributed by atoms with Crippen LogP contribution >= 0.6 is 15.9 Å². The number of hydrogen-bond acceptors (Lipinski definition) is 3. The smallest absolute Gasteiger partial charge is 0.337 e. The highest BCUT2D eigenvalue weighted by atomic mass is 79.9. The Labute approximate surface area is 117 Å². The van der Waals surface area contributed by atoms with E-state index < -0.39 is 0 Å². The molecule has 0 bridgehead atoms. The van der Waals surface area contributed by atoms with Gasteiger partial charge in [-0.25, -0.2) is 4.79 Å². The summed E-state index contributed by atoms with van der Waals surface area (Å²) in [5.74, 6) is -0.336. The molecule has 0 aliphatic heterocycles. The van der Waals surface area contributed by atoms with Crippen LogP contribution in [0, 0.1) is 0 Å². The van der Waals surface area contributed by atoms with Gasteiger partial charge in [0.2, 0.25) is 0 Å². The summed E-state index contributed by atoms with van der Waals surface area (Å²) in [4.78, 5) is 11.4. The Hall–Kier alpha value is -0.870. The molecule has 0 amide bonds. The highest BCUT2D eigenvalue weighted by Gasteiger charge is 2.16. The number of halogens is 1. The van der Waals surface area contributed by atoms with Crippen LogP contribution in [0.2, 0.25) is 0 Å². The maximum atomic E-state index is 11.4. The molecule has 0 aliphatic rings. The predicted molar refractivity (Wildman–Crippen MR) is 74.6 cm³/mol. The van der Waals surface area contributed by atoms with Crippen molar-refractivity contribution in [1.82, 2.24) is 0 Å². The summed E-state index contributed by atoms with van der Waals surface area (Å²) in [5.41, 5.74) is 1.41. The molecule has 0 saturated carbocycles. The molecule has 0 aliphatic carbocycles. The van der Waals surface area contributed by atoms with E-state index in [1.165, 1.54) is 7.11 Å².